The number of aromatic nitrogens is 1. The van der Waals surface area contributed by atoms with Crippen molar-refractivity contribution in [2.45, 2.75) is 39.2 Å². The van der Waals surface area contributed by atoms with Crippen LogP contribution in [0.5, 0.6) is 0 Å². The second-order valence-electron chi connectivity index (χ2n) is 7.08. The van der Waals surface area contributed by atoms with Crippen molar-refractivity contribution in [2.24, 2.45) is 0 Å². The number of hydrogen-bond acceptors (Lipinski definition) is 2. The standard InChI is InChI=1S/C21H23NO2/c1-14(20(23)24-21(2,3)4)18-16-12-8-9-13-17(16)22-19(18)15-10-6-5-7-11-15/h5-14,22H,1-4H3. The molecule has 3 nitrogen and oxygen atoms in total. The van der Waals surface area contributed by atoms with E-state index in [1.54, 1.807) is 0 Å². The first-order valence-corrected chi connectivity index (χ1v) is 8.26. The van der Waals surface area contributed by atoms with Gasteiger partial charge in [-0.15, -0.1) is 0 Å². The number of aromatic amines is 1. The van der Waals surface area contributed by atoms with E-state index in [0.29, 0.717) is 0 Å². The van der Waals surface area contributed by atoms with Crippen LogP contribution in [0.1, 0.15) is 39.2 Å². The Balaban J connectivity index is 2.13. The summed E-state index contributed by atoms with van der Waals surface area (Å²) < 4.78 is 5.61. The second kappa shape index (κ2) is 6.16. The minimum Gasteiger partial charge on any atom is -0.460 e. The number of benzene rings is 2. The minimum atomic E-state index is -0.496. The van der Waals surface area contributed by atoms with E-state index in [0.717, 1.165) is 27.7 Å². The Morgan fingerprint density at radius 3 is 2.29 bits per heavy atom. The first-order valence-electron chi connectivity index (χ1n) is 8.26. The lowest BCUT2D eigenvalue weighted by Gasteiger charge is -2.22. The van der Waals surface area contributed by atoms with E-state index >= 15 is 0 Å². The quantitative estimate of drug-likeness (QED) is 0.667. The van der Waals surface area contributed by atoms with Crippen molar-refractivity contribution in [1.82, 2.24) is 4.98 Å². The van der Waals surface area contributed by atoms with Crippen molar-refractivity contribution in [3.05, 3.63) is 60.2 Å². The number of nitrogens with one attached hydrogen (secondary N) is 1. The number of esters is 1. The largest absolute Gasteiger partial charge is 0.460 e. The number of para-hydroxylation sites is 1. The monoisotopic (exact) mass is 321 g/mol. The summed E-state index contributed by atoms with van der Waals surface area (Å²) in [4.78, 5) is 16.1. The van der Waals surface area contributed by atoms with Crippen LogP contribution in [0.3, 0.4) is 0 Å². The molecule has 1 atom stereocenters. The molecule has 0 amide bonds. The smallest absolute Gasteiger partial charge is 0.313 e. The number of carbonyl (C=O) groups is 1. The van der Waals surface area contributed by atoms with Crippen LogP contribution in [0.25, 0.3) is 22.2 Å². The zero-order valence-corrected chi connectivity index (χ0v) is 14.6. The maximum absolute atomic E-state index is 12.6. The molecular formula is C21H23NO2. The summed E-state index contributed by atoms with van der Waals surface area (Å²) in [5, 5.41) is 1.06. The lowest BCUT2D eigenvalue weighted by atomic mass is 9.94. The normalized spacial score (nSPS) is 13.0. The average molecular weight is 321 g/mol. The zero-order chi connectivity index (χ0) is 17.3. The fourth-order valence-electron chi connectivity index (χ4n) is 2.95. The van der Waals surface area contributed by atoms with Crippen LogP contribution in [0.15, 0.2) is 54.6 Å². The van der Waals surface area contributed by atoms with Gasteiger partial charge in [-0.25, -0.2) is 0 Å². The molecule has 0 aliphatic rings. The van der Waals surface area contributed by atoms with Gasteiger partial charge in [0, 0.05) is 10.9 Å². The molecule has 3 heteroatoms. The molecule has 2 aromatic carbocycles. The number of hydrogen-bond donors (Lipinski definition) is 1. The molecule has 0 saturated heterocycles. The summed E-state index contributed by atoms with van der Waals surface area (Å²) in [5.74, 6) is -0.556. The van der Waals surface area contributed by atoms with Crippen LogP contribution in [-0.2, 0) is 9.53 Å². The summed E-state index contributed by atoms with van der Waals surface area (Å²) in [6.07, 6.45) is 0. The van der Waals surface area contributed by atoms with Crippen molar-refractivity contribution in [2.75, 3.05) is 0 Å². The number of rotatable bonds is 3. The van der Waals surface area contributed by atoms with Crippen LogP contribution >= 0.6 is 0 Å². The first kappa shape index (κ1) is 16.3. The molecule has 24 heavy (non-hydrogen) atoms. The fraction of sp³-hybridized carbons (Fsp3) is 0.286. The van der Waals surface area contributed by atoms with E-state index < -0.39 is 5.60 Å². The molecule has 1 N–H and O–H groups in total. The molecule has 1 aromatic heterocycles. The molecule has 0 fully saturated rings. The highest BCUT2D eigenvalue weighted by Crippen LogP contribution is 2.36. The van der Waals surface area contributed by atoms with E-state index in [4.69, 9.17) is 4.74 Å². The Morgan fingerprint density at radius 2 is 1.62 bits per heavy atom. The molecule has 0 aliphatic heterocycles. The first-order chi connectivity index (χ1) is 11.4. The highest BCUT2D eigenvalue weighted by molar-refractivity contribution is 5.96. The summed E-state index contributed by atoms with van der Waals surface area (Å²) in [6.45, 7) is 7.59. The van der Waals surface area contributed by atoms with Crippen LogP contribution in [-0.4, -0.2) is 16.6 Å². The third-order valence-electron chi connectivity index (χ3n) is 4.00. The average Bonchev–Trinajstić information content (AvgIpc) is 2.92. The third kappa shape index (κ3) is 3.21. The van der Waals surface area contributed by atoms with E-state index in [1.165, 1.54) is 0 Å². The Hall–Kier alpha value is -2.55. The van der Waals surface area contributed by atoms with Gasteiger partial charge in [0.25, 0.3) is 0 Å². The molecule has 0 bridgehead atoms. The predicted molar refractivity (Wildman–Crippen MR) is 98.0 cm³/mol. The van der Waals surface area contributed by atoms with Gasteiger partial charge in [0.1, 0.15) is 5.60 Å². The summed E-state index contributed by atoms with van der Waals surface area (Å²) in [7, 11) is 0. The van der Waals surface area contributed by atoms with E-state index in [2.05, 4.69) is 23.2 Å². The summed E-state index contributed by atoms with van der Waals surface area (Å²) >= 11 is 0. The lowest BCUT2D eigenvalue weighted by Crippen LogP contribution is -2.27. The number of H-pyrrole nitrogens is 1. The van der Waals surface area contributed by atoms with Gasteiger partial charge in [0.15, 0.2) is 0 Å². The summed E-state index contributed by atoms with van der Waals surface area (Å²) in [6, 6.07) is 18.2. The van der Waals surface area contributed by atoms with Gasteiger partial charge in [-0.3, -0.25) is 4.79 Å². The third-order valence-corrected chi connectivity index (χ3v) is 4.00. The molecule has 3 rings (SSSR count). The fourth-order valence-corrected chi connectivity index (χ4v) is 2.95. The Bertz CT molecular complexity index is 856. The Morgan fingerprint density at radius 1 is 1.00 bits per heavy atom. The van der Waals surface area contributed by atoms with E-state index in [1.807, 2.05) is 64.1 Å². The predicted octanol–water partition coefficient (Wildman–Crippen LogP) is 5.28. The van der Waals surface area contributed by atoms with Gasteiger partial charge in [-0.05, 0) is 44.9 Å². The maximum Gasteiger partial charge on any atom is 0.313 e. The second-order valence-corrected chi connectivity index (χ2v) is 7.08. The highest BCUT2D eigenvalue weighted by Gasteiger charge is 2.27. The van der Waals surface area contributed by atoms with Crippen molar-refractivity contribution < 1.29 is 9.53 Å². The SMILES string of the molecule is CC(C(=O)OC(C)(C)C)c1c(-c2ccccc2)[nH]c2ccccc12. The number of carbonyl (C=O) groups excluding carboxylic acids is 1. The molecule has 1 heterocycles. The van der Waals surface area contributed by atoms with Crippen molar-refractivity contribution >= 4 is 16.9 Å². The zero-order valence-electron chi connectivity index (χ0n) is 14.6. The van der Waals surface area contributed by atoms with Gasteiger partial charge in [-0.2, -0.15) is 0 Å². The van der Waals surface area contributed by atoms with E-state index in [9.17, 15) is 4.79 Å². The Labute approximate surface area is 142 Å². The summed E-state index contributed by atoms with van der Waals surface area (Å²) in [5.41, 5.74) is 3.58. The van der Waals surface area contributed by atoms with Crippen molar-refractivity contribution in [3.63, 3.8) is 0 Å². The van der Waals surface area contributed by atoms with Gasteiger partial charge in [-0.1, -0.05) is 48.5 Å². The number of ether oxygens (including phenoxy) is 1. The Kier molecular flexibility index (Phi) is 4.18. The molecule has 3 aromatic rings. The van der Waals surface area contributed by atoms with Gasteiger partial charge in [0.05, 0.1) is 11.6 Å². The maximum atomic E-state index is 12.6. The van der Waals surface area contributed by atoms with Crippen molar-refractivity contribution in [1.29, 1.82) is 0 Å². The van der Waals surface area contributed by atoms with Crippen molar-refractivity contribution in [3.8, 4) is 11.3 Å². The molecule has 0 aliphatic carbocycles. The topological polar surface area (TPSA) is 42.1 Å². The van der Waals surface area contributed by atoms with E-state index in [-0.39, 0.29) is 11.9 Å². The number of fused-ring (bicyclic) bond motifs is 1. The van der Waals surface area contributed by atoms with Crippen LogP contribution in [0, 0.1) is 0 Å². The highest BCUT2D eigenvalue weighted by atomic mass is 16.6. The molecule has 0 spiro atoms. The van der Waals surface area contributed by atoms with Crippen LogP contribution in [0.4, 0.5) is 0 Å². The minimum absolute atomic E-state index is 0.204. The van der Waals surface area contributed by atoms with Crippen LogP contribution < -0.4 is 0 Å². The molecular weight excluding hydrogens is 298 g/mol. The van der Waals surface area contributed by atoms with Gasteiger partial charge >= 0.3 is 5.97 Å². The van der Waals surface area contributed by atoms with Gasteiger partial charge < -0.3 is 9.72 Å². The van der Waals surface area contributed by atoms with Crippen LogP contribution in [0.2, 0.25) is 0 Å². The molecule has 0 saturated carbocycles. The lowest BCUT2D eigenvalue weighted by molar-refractivity contribution is -0.156. The molecule has 0 radical (unpaired) electrons. The van der Waals surface area contributed by atoms with Gasteiger partial charge in [0.2, 0.25) is 0 Å². The molecule has 1 unspecified atom stereocenters. The molecule has 124 valence electrons.